The Labute approximate surface area is 161 Å². The monoisotopic (exact) mass is 368 g/mol. The number of nitrogens with zero attached hydrogens (tertiary/aromatic N) is 3. The van der Waals surface area contributed by atoms with E-state index in [0.29, 0.717) is 24.5 Å². The van der Waals surface area contributed by atoms with Gasteiger partial charge in [0.15, 0.2) is 0 Å². The molecule has 2 heterocycles. The maximum atomic E-state index is 12.4. The molecule has 1 amide bonds. The summed E-state index contributed by atoms with van der Waals surface area (Å²) in [6.07, 6.45) is 7.56. The Bertz CT molecular complexity index is 727. The molecule has 0 radical (unpaired) electrons. The Morgan fingerprint density at radius 2 is 1.93 bits per heavy atom. The lowest BCUT2D eigenvalue weighted by Gasteiger charge is -2.16. The molecule has 1 aromatic heterocycles. The average molecular weight is 368 g/mol. The SMILES string of the molecule is CCCCCOc1ccc(C(=O)NCc2nccc(N3CCCC3)n2)cc1. The highest BCUT2D eigenvalue weighted by Crippen LogP contribution is 2.17. The number of rotatable bonds is 9. The molecule has 6 heteroatoms. The van der Waals surface area contributed by atoms with E-state index in [9.17, 15) is 4.79 Å². The van der Waals surface area contributed by atoms with Gasteiger partial charge in [-0.25, -0.2) is 9.97 Å². The van der Waals surface area contributed by atoms with Gasteiger partial charge in [0.05, 0.1) is 13.2 Å². The van der Waals surface area contributed by atoms with E-state index in [-0.39, 0.29) is 5.91 Å². The molecule has 0 aliphatic carbocycles. The van der Waals surface area contributed by atoms with Crippen LogP contribution in [0.3, 0.4) is 0 Å². The second-order valence-corrected chi connectivity index (χ2v) is 6.79. The molecule has 1 N–H and O–H groups in total. The molecule has 27 heavy (non-hydrogen) atoms. The molecule has 0 saturated carbocycles. The van der Waals surface area contributed by atoms with Crippen molar-refractivity contribution in [2.75, 3.05) is 24.6 Å². The van der Waals surface area contributed by atoms with Gasteiger partial charge in [0.1, 0.15) is 17.4 Å². The summed E-state index contributed by atoms with van der Waals surface area (Å²) < 4.78 is 5.68. The van der Waals surface area contributed by atoms with Crippen molar-refractivity contribution in [1.82, 2.24) is 15.3 Å². The highest BCUT2D eigenvalue weighted by atomic mass is 16.5. The van der Waals surface area contributed by atoms with E-state index in [4.69, 9.17) is 4.74 Å². The predicted molar refractivity (Wildman–Crippen MR) is 106 cm³/mol. The van der Waals surface area contributed by atoms with Crippen LogP contribution in [-0.4, -0.2) is 35.6 Å². The van der Waals surface area contributed by atoms with Crippen LogP contribution in [-0.2, 0) is 6.54 Å². The molecule has 1 aliphatic rings. The topological polar surface area (TPSA) is 67.3 Å². The van der Waals surface area contributed by atoms with E-state index in [1.165, 1.54) is 25.7 Å². The molecule has 0 spiro atoms. The quantitative estimate of drug-likeness (QED) is 0.685. The molecule has 1 aromatic carbocycles. The van der Waals surface area contributed by atoms with E-state index in [1.54, 1.807) is 18.3 Å². The number of hydrogen-bond donors (Lipinski definition) is 1. The van der Waals surface area contributed by atoms with Gasteiger partial charge >= 0.3 is 0 Å². The Kier molecular flexibility index (Phi) is 7.02. The number of nitrogens with one attached hydrogen (secondary N) is 1. The smallest absolute Gasteiger partial charge is 0.251 e. The van der Waals surface area contributed by atoms with Crippen LogP contribution in [0.15, 0.2) is 36.5 Å². The molecular formula is C21H28N4O2. The van der Waals surface area contributed by atoms with Crippen molar-refractivity contribution in [2.45, 2.75) is 45.6 Å². The molecule has 0 unspecified atom stereocenters. The van der Waals surface area contributed by atoms with Gasteiger partial charge in [0.2, 0.25) is 0 Å². The van der Waals surface area contributed by atoms with Crippen molar-refractivity contribution in [3.63, 3.8) is 0 Å². The molecule has 3 rings (SSSR count). The zero-order valence-corrected chi connectivity index (χ0v) is 16.0. The molecule has 1 fully saturated rings. The zero-order valence-electron chi connectivity index (χ0n) is 16.0. The third-order valence-electron chi connectivity index (χ3n) is 4.66. The number of ether oxygens (including phenoxy) is 1. The molecular weight excluding hydrogens is 340 g/mol. The summed E-state index contributed by atoms with van der Waals surface area (Å²) in [6.45, 7) is 5.27. The average Bonchev–Trinajstić information content (AvgIpc) is 3.25. The van der Waals surface area contributed by atoms with Gasteiger partial charge in [0, 0.05) is 24.8 Å². The molecule has 0 atom stereocenters. The van der Waals surface area contributed by atoms with E-state index in [2.05, 4.69) is 27.1 Å². The van der Waals surface area contributed by atoms with Crippen molar-refractivity contribution in [2.24, 2.45) is 0 Å². The summed E-state index contributed by atoms with van der Waals surface area (Å²) in [6, 6.07) is 9.17. The molecule has 0 bridgehead atoms. The van der Waals surface area contributed by atoms with Crippen molar-refractivity contribution < 1.29 is 9.53 Å². The second kappa shape index (κ2) is 9.90. The minimum atomic E-state index is -0.136. The van der Waals surface area contributed by atoms with Crippen LogP contribution < -0.4 is 15.0 Å². The summed E-state index contributed by atoms with van der Waals surface area (Å²) in [4.78, 5) is 23.4. The van der Waals surface area contributed by atoms with Crippen LogP contribution >= 0.6 is 0 Å². The first-order valence-corrected chi connectivity index (χ1v) is 9.84. The number of aromatic nitrogens is 2. The normalized spacial score (nSPS) is 13.6. The molecule has 1 aliphatic heterocycles. The van der Waals surface area contributed by atoms with Gasteiger partial charge in [-0.15, -0.1) is 0 Å². The number of unbranched alkanes of at least 4 members (excludes halogenated alkanes) is 2. The third-order valence-corrected chi connectivity index (χ3v) is 4.66. The first-order valence-electron chi connectivity index (χ1n) is 9.84. The number of hydrogen-bond acceptors (Lipinski definition) is 5. The van der Waals surface area contributed by atoms with Crippen LogP contribution in [0.25, 0.3) is 0 Å². The van der Waals surface area contributed by atoms with Gasteiger partial charge in [-0.1, -0.05) is 19.8 Å². The predicted octanol–water partition coefficient (Wildman–Crippen LogP) is 3.58. The molecule has 2 aromatic rings. The number of amides is 1. The Morgan fingerprint density at radius 1 is 1.15 bits per heavy atom. The van der Waals surface area contributed by atoms with Crippen molar-refractivity contribution in [1.29, 1.82) is 0 Å². The van der Waals surface area contributed by atoms with E-state index < -0.39 is 0 Å². The number of anilines is 1. The number of carbonyl (C=O) groups excluding carboxylic acids is 1. The minimum Gasteiger partial charge on any atom is -0.494 e. The van der Waals surface area contributed by atoms with E-state index in [0.717, 1.165) is 31.1 Å². The Hall–Kier alpha value is -2.63. The van der Waals surface area contributed by atoms with Gasteiger partial charge in [-0.2, -0.15) is 0 Å². The summed E-state index contributed by atoms with van der Waals surface area (Å²) in [5.41, 5.74) is 0.603. The molecule has 1 saturated heterocycles. The summed E-state index contributed by atoms with van der Waals surface area (Å²) >= 11 is 0. The van der Waals surface area contributed by atoms with Crippen molar-refractivity contribution in [3.8, 4) is 5.75 Å². The fraction of sp³-hybridized carbons (Fsp3) is 0.476. The highest BCUT2D eigenvalue weighted by Gasteiger charge is 2.14. The first kappa shape index (κ1) is 19.1. The fourth-order valence-electron chi connectivity index (χ4n) is 3.10. The standard InChI is InChI=1S/C21H28N4O2/c1-2-3-6-15-27-18-9-7-17(8-10-18)21(26)23-16-19-22-12-11-20(24-19)25-13-4-5-14-25/h7-12H,2-6,13-16H2,1H3,(H,23,26). The second-order valence-electron chi connectivity index (χ2n) is 6.79. The summed E-state index contributed by atoms with van der Waals surface area (Å²) in [7, 11) is 0. The summed E-state index contributed by atoms with van der Waals surface area (Å²) in [5, 5.41) is 2.89. The number of benzene rings is 1. The van der Waals surface area contributed by atoms with Crippen molar-refractivity contribution >= 4 is 11.7 Å². The third kappa shape index (κ3) is 5.67. The van der Waals surface area contributed by atoms with Crippen LogP contribution in [0.4, 0.5) is 5.82 Å². The van der Waals surface area contributed by atoms with Gasteiger partial charge in [-0.05, 0) is 49.6 Å². The van der Waals surface area contributed by atoms with E-state index in [1.807, 2.05) is 18.2 Å². The maximum Gasteiger partial charge on any atom is 0.251 e. The minimum absolute atomic E-state index is 0.136. The first-order chi connectivity index (χ1) is 13.3. The van der Waals surface area contributed by atoms with E-state index >= 15 is 0 Å². The largest absolute Gasteiger partial charge is 0.494 e. The maximum absolute atomic E-state index is 12.4. The van der Waals surface area contributed by atoms with Gasteiger partial charge < -0.3 is 15.0 Å². The molecule has 144 valence electrons. The fourth-order valence-corrected chi connectivity index (χ4v) is 3.10. The zero-order chi connectivity index (χ0) is 18.9. The lowest BCUT2D eigenvalue weighted by Crippen LogP contribution is -2.25. The van der Waals surface area contributed by atoms with Gasteiger partial charge in [-0.3, -0.25) is 4.79 Å². The van der Waals surface area contributed by atoms with Crippen LogP contribution in [0.2, 0.25) is 0 Å². The van der Waals surface area contributed by atoms with Crippen molar-refractivity contribution in [3.05, 3.63) is 47.9 Å². The Morgan fingerprint density at radius 3 is 2.67 bits per heavy atom. The summed E-state index contributed by atoms with van der Waals surface area (Å²) in [5.74, 6) is 2.23. The van der Waals surface area contributed by atoms with Gasteiger partial charge in [0.25, 0.3) is 5.91 Å². The lowest BCUT2D eigenvalue weighted by molar-refractivity contribution is 0.0950. The Balaban J connectivity index is 1.49. The number of carbonyl (C=O) groups is 1. The van der Waals surface area contributed by atoms with Crippen LogP contribution in [0.1, 0.15) is 55.2 Å². The molecule has 6 nitrogen and oxygen atoms in total. The highest BCUT2D eigenvalue weighted by molar-refractivity contribution is 5.94. The van der Waals surface area contributed by atoms with Crippen LogP contribution in [0, 0.1) is 0 Å². The lowest BCUT2D eigenvalue weighted by atomic mass is 10.2. The van der Waals surface area contributed by atoms with Crippen LogP contribution in [0.5, 0.6) is 5.75 Å².